The summed E-state index contributed by atoms with van der Waals surface area (Å²) in [5.41, 5.74) is 26.9. The van der Waals surface area contributed by atoms with E-state index in [2.05, 4.69) is 357 Å². The highest BCUT2D eigenvalue weighted by atomic mass is 32.1. The van der Waals surface area contributed by atoms with Gasteiger partial charge in [-0.2, -0.15) is 0 Å². The summed E-state index contributed by atoms with van der Waals surface area (Å²) in [6.07, 6.45) is 0. The minimum atomic E-state index is -0.448. The van der Waals surface area contributed by atoms with E-state index in [1.54, 1.807) is 0 Å². The van der Waals surface area contributed by atoms with Gasteiger partial charge in [0.05, 0.1) is 40.5 Å². The van der Waals surface area contributed by atoms with Gasteiger partial charge in [0.1, 0.15) is 68.3 Å². The first kappa shape index (κ1) is 81.8. The average molecular weight is 1960 g/mol. The summed E-state index contributed by atoms with van der Waals surface area (Å²) < 4.78 is 103. The lowest BCUT2D eigenvalue weighted by Gasteiger charge is -2.43. The minimum absolute atomic E-state index is 0.0118. The molecule has 8 aromatic heterocycles. The number of furan rings is 3. The summed E-state index contributed by atoms with van der Waals surface area (Å²) in [5.74, 6) is 7.49. The largest absolute Gasteiger partial charge is 0.470 e. The highest BCUT2D eigenvalue weighted by molar-refractivity contribution is 7.41. The Morgan fingerprint density at radius 3 is 1.34 bits per heavy atom. The van der Waals surface area contributed by atoms with Gasteiger partial charge < -0.3 is 51.5 Å². The molecule has 0 fully saturated rings. The molecule has 0 bridgehead atoms. The molecule has 8 aliphatic heterocycles. The number of benzene rings is 16. The van der Waals surface area contributed by atoms with Crippen molar-refractivity contribution in [3.05, 3.63) is 398 Å². The molecule has 0 amide bonds. The lowest BCUT2D eigenvalue weighted by Crippen LogP contribution is -2.64. The van der Waals surface area contributed by atoms with Crippen LogP contribution in [0.4, 0.5) is 51.2 Å². The summed E-state index contributed by atoms with van der Waals surface area (Å²) in [6, 6.07) is 117. The predicted octanol–water partition coefficient (Wildman–Crippen LogP) is 28.2. The molecule has 700 valence electrons. The SMILES string of the molecule is CC(C)(C)c1ccc(N2c3cccc4c3B(c3oc5ccc(C(C)(C)C)cc5c3O4)c3oc4ccccc4c32)cc1.CC(C)(C)c1ccc2sc3c(c2c1)Oc1cccc2c1B3c1sc3ccccc3c1O2.[2H]c1c([2H])c([2H])c(N2c3cccc4c3B(c3oc5ccccc5c3C4(C)C)c3c2c2ccccc2n3-c2ccccc2)c([2H])c1[2H].c1ccc(N2c3cccc4c3B(c3sc5ccccc5c3O4)c3sc4ccccc4c32)cc1. The van der Waals surface area contributed by atoms with Crippen LogP contribution in [0.1, 0.15) is 111 Å². The van der Waals surface area contributed by atoms with E-state index in [9.17, 15) is 0 Å². The maximum Gasteiger partial charge on any atom is 0.346 e. The first-order valence-electron chi connectivity index (χ1n) is 52.4. The van der Waals surface area contributed by atoms with Crippen LogP contribution in [0.5, 0.6) is 46.0 Å². The van der Waals surface area contributed by atoms with Gasteiger partial charge >= 0.3 is 13.4 Å². The van der Waals surface area contributed by atoms with E-state index in [0.717, 1.165) is 174 Å². The molecule has 0 saturated carbocycles. The number of nitrogens with zero attached hydrogens (tertiary/aromatic N) is 4. The van der Waals surface area contributed by atoms with Crippen molar-refractivity contribution in [3.63, 3.8) is 0 Å². The molecule has 0 atom stereocenters. The van der Waals surface area contributed by atoms with E-state index >= 15 is 0 Å². The van der Waals surface area contributed by atoms with Crippen LogP contribution in [0.25, 0.3) is 89.8 Å². The quantitative estimate of drug-likeness (QED) is 0.159. The standard InChI is InChI=1S/C37H27BN2O.C36H32BNO3.C28H16BNOS2.C26H19BO2S2/c1-37(2)28-20-13-22-30-33(28)38(36-32(37)27-19-10-12-23-31(27)41-36)35-34(39(30)24-14-5-3-6-15-24)26-18-9-11-21-29(26)40(35)25-16-7-4-8-17-25;1-35(2,3)21-14-17-23(18-15-21)38-26-11-9-13-29-30(26)37(33-31(38)24-10-7-8-12-27(24)40-33)34-32(39-29)25-20-22(36(4,5)6)16-19-28(25)41-34;1-2-9-17(10-3-1)30-20-13-8-14-21-24(20)29(27-25(30)18-11-4-6-15-22(18)32-27)28-26(31-21)19-12-5-7-16-23(19)33-28;1-26(2,3)14-11-12-20-16(13-14)23-25(31-20)27-21-17(8-6-9-18(21)29-23)28-22-15-7-4-5-10-19(15)30-24(22)27/h3-23H,1-2H3;7-20H,1-6H3;1-16H;4-13H,1-3H3/i3D,5D,6D,14D,15D;;;. The fraction of sp³-hybridized carbons (Fsp3) is 0.118. The molecule has 0 unspecified atom stereocenters. The summed E-state index contributed by atoms with van der Waals surface area (Å²) >= 11 is 7.50. The molecular formula is C127H94B4N4O7S4. The molecule has 19 heteroatoms. The molecule has 11 nitrogen and oxygen atoms in total. The Balaban J connectivity index is 0.0000000953. The molecular weight excluding hydrogens is 1860 g/mol. The number of rotatable bonds is 4. The fourth-order valence-electron chi connectivity index (χ4n) is 23.9. The van der Waals surface area contributed by atoms with Crippen molar-refractivity contribution in [1.82, 2.24) is 4.57 Å². The van der Waals surface area contributed by atoms with E-state index < -0.39 is 11.5 Å². The molecule has 32 rings (SSSR count). The normalized spacial score (nSPS) is 14.7. The van der Waals surface area contributed by atoms with Gasteiger partial charge in [0.25, 0.3) is 13.4 Å². The van der Waals surface area contributed by atoms with Crippen molar-refractivity contribution in [2.24, 2.45) is 0 Å². The van der Waals surface area contributed by atoms with Crippen molar-refractivity contribution >= 4 is 271 Å². The zero-order chi connectivity index (χ0) is 102. The van der Waals surface area contributed by atoms with Crippen LogP contribution in [0.15, 0.2) is 383 Å². The molecule has 146 heavy (non-hydrogen) atoms. The van der Waals surface area contributed by atoms with Crippen LogP contribution in [-0.4, -0.2) is 31.4 Å². The van der Waals surface area contributed by atoms with E-state index in [1.165, 1.54) is 98.7 Å². The molecule has 16 heterocycles. The molecule has 0 radical (unpaired) electrons. The molecule has 0 N–H and O–H groups in total. The average Bonchev–Trinajstić information content (AvgIpc) is 1.61. The van der Waals surface area contributed by atoms with Crippen molar-refractivity contribution in [3.8, 4) is 51.7 Å². The van der Waals surface area contributed by atoms with E-state index in [-0.39, 0.29) is 73.0 Å². The van der Waals surface area contributed by atoms with Crippen molar-refractivity contribution in [1.29, 1.82) is 0 Å². The molecule has 8 aliphatic rings. The predicted molar refractivity (Wildman–Crippen MR) is 617 cm³/mol. The Bertz CT molecular complexity index is 9910. The molecule has 0 aliphatic carbocycles. The van der Waals surface area contributed by atoms with Gasteiger partial charge in [-0.05, 0) is 219 Å². The van der Waals surface area contributed by atoms with Gasteiger partial charge in [0, 0.05) is 143 Å². The number of para-hydroxylation sites is 6. The maximum atomic E-state index is 9.12. The summed E-state index contributed by atoms with van der Waals surface area (Å²) in [6.45, 7) is 24.4. The summed E-state index contributed by atoms with van der Waals surface area (Å²) in [7, 11) is 0. The highest BCUT2D eigenvalue weighted by Crippen LogP contribution is 2.54. The van der Waals surface area contributed by atoms with Gasteiger partial charge in [0.15, 0.2) is 5.75 Å². The second-order valence-electron chi connectivity index (χ2n) is 42.6. The topological polar surface area (TPSA) is 91.0 Å². The third-order valence-corrected chi connectivity index (χ3v) is 35.5. The number of ether oxygens (including phenoxy) is 4. The molecule has 0 spiro atoms. The van der Waals surface area contributed by atoms with Gasteiger partial charge in [0.2, 0.25) is 0 Å². The lowest BCUT2D eigenvalue weighted by molar-refractivity contribution is 0.471. The van der Waals surface area contributed by atoms with Crippen LogP contribution >= 0.6 is 45.3 Å². The number of fused-ring (bicyclic) bond motifs is 32. The monoisotopic (exact) mass is 1960 g/mol. The Kier molecular flexibility index (Phi) is 18.0. The summed E-state index contributed by atoms with van der Waals surface area (Å²) in [4.78, 5) is 6.68. The van der Waals surface area contributed by atoms with Crippen LogP contribution in [0, 0.1) is 0 Å². The zero-order valence-electron chi connectivity index (χ0n) is 86.9. The van der Waals surface area contributed by atoms with Crippen molar-refractivity contribution in [2.75, 3.05) is 14.7 Å². The van der Waals surface area contributed by atoms with Gasteiger partial charge in [-0.1, -0.05) is 276 Å². The number of hydrogen-bond donors (Lipinski definition) is 0. The maximum absolute atomic E-state index is 9.12. The van der Waals surface area contributed by atoms with Gasteiger partial charge in [-0.3, -0.25) is 0 Å². The molecule has 24 aromatic rings. The fourth-order valence-corrected chi connectivity index (χ4v) is 29.1. The van der Waals surface area contributed by atoms with E-state index in [4.69, 9.17) is 39.1 Å². The number of thiophene rings is 4. The van der Waals surface area contributed by atoms with Gasteiger partial charge in [-0.15, -0.1) is 45.3 Å². The first-order chi connectivity index (χ1) is 73.2. The smallest absolute Gasteiger partial charge is 0.346 e. The minimum Gasteiger partial charge on any atom is -0.470 e. The van der Waals surface area contributed by atoms with Gasteiger partial charge in [-0.25, -0.2) is 0 Å². The third-order valence-electron chi connectivity index (χ3n) is 30.6. The van der Waals surface area contributed by atoms with E-state index in [1.807, 2.05) is 123 Å². The van der Waals surface area contributed by atoms with Crippen LogP contribution in [0.2, 0.25) is 0 Å². The molecule has 16 aromatic carbocycles. The number of aromatic nitrogens is 1. The van der Waals surface area contributed by atoms with E-state index in [0.29, 0.717) is 0 Å². The Labute approximate surface area is 870 Å². The lowest BCUT2D eigenvalue weighted by atomic mass is 9.33. The number of hydrogen-bond acceptors (Lipinski definition) is 14. The highest BCUT2D eigenvalue weighted by Gasteiger charge is 2.55. The number of anilines is 9. The molecule has 0 saturated heterocycles. The second-order valence-corrected chi connectivity index (χ2v) is 47.0. The zero-order valence-corrected chi connectivity index (χ0v) is 85.2. The first-order valence-corrected chi connectivity index (χ1v) is 53.2. The van der Waals surface area contributed by atoms with Crippen LogP contribution in [0.3, 0.4) is 0 Å². The van der Waals surface area contributed by atoms with Crippen LogP contribution < -0.4 is 97.2 Å². The van der Waals surface area contributed by atoms with Crippen LogP contribution in [-0.2, 0) is 21.7 Å². The summed E-state index contributed by atoms with van der Waals surface area (Å²) in [5, 5.41) is 9.01. The second kappa shape index (κ2) is 32.2. The van der Waals surface area contributed by atoms with Crippen molar-refractivity contribution < 1.29 is 39.1 Å². The Morgan fingerprint density at radius 1 is 0.288 bits per heavy atom. The Hall–Kier alpha value is -15.6. The van der Waals surface area contributed by atoms with Crippen molar-refractivity contribution in [2.45, 2.75) is 97.8 Å². The third kappa shape index (κ3) is 13.0. The Morgan fingerprint density at radius 2 is 0.712 bits per heavy atom.